The van der Waals surface area contributed by atoms with Crippen LogP contribution >= 0.6 is 0 Å². The van der Waals surface area contributed by atoms with Crippen LogP contribution in [0.25, 0.3) is 10.9 Å². The molecule has 0 aliphatic heterocycles. The number of nitrogens with zero attached hydrogens (tertiary/aromatic N) is 1. The lowest BCUT2D eigenvalue weighted by atomic mass is 10.0. The maximum atomic E-state index is 12.6. The van der Waals surface area contributed by atoms with E-state index in [1.165, 1.54) is 0 Å². The average molecular weight is 320 g/mol. The summed E-state index contributed by atoms with van der Waals surface area (Å²) in [5.74, 6) is 0.638. The fourth-order valence-corrected chi connectivity index (χ4v) is 2.68. The quantitative estimate of drug-likeness (QED) is 0.769. The minimum absolute atomic E-state index is 0.0586. The van der Waals surface area contributed by atoms with Gasteiger partial charge in [0.25, 0.3) is 5.91 Å². The van der Waals surface area contributed by atoms with Crippen molar-refractivity contribution in [2.24, 2.45) is 0 Å². The summed E-state index contributed by atoms with van der Waals surface area (Å²) in [6.45, 7) is 2.04. The molecule has 24 heavy (non-hydrogen) atoms. The summed E-state index contributed by atoms with van der Waals surface area (Å²) in [5, 5.41) is 4.08. The summed E-state index contributed by atoms with van der Waals surface area (Å²) in [7, 11) is 1.64. The van der Waals surface area contributed by atoms with Crippen molar-refractivity contribution < 1.29 is 9.53 Å². The number of fused-ring (bicyclic) bond motifs is 1. The highest BCUT2D eigenvalue weighted by molar-refractivity contribution is 5.95. The predicted molar refractivity (Wildman–Crippen MR) is 95.2 cm³/mol. The standard InChI is InChI=1S/C20H20N2O2/c1-3-17(15-8-11-16(24-2)12-9-15)22-20(23)19-13-10-14-6-4-5-7-18(14)21-19/h4-13,17H,3H2,1-2H3,(H,22,23)/t17-/m1/s1. The molecule has 3 rings (SSSR count). The first-order chi connectivity index (χ1) is 11.7. The Labute approximate surface area is 141 Å². The predicted octanol–water partition coefficient (Wildman–Crippen LogP) is 4.12. The van der Waals surface area contributed by atoms with Gasteiger partial charge in [-0.15, -0.1) is 0 Å². The van der Waals surface area contributed by atoms with Gasteiger partial charge in [0.05, 0.1) is 18.7 Å². The normalized spacial score (nSPS) is 11.9. The highest BCUT2D eigenvalue weighted by Gasteiger charge is 2.15. The Morgan fingerprint density at radius 2 is 1.83 bits per heavy atom. The molecule has 0 unspecified atom stereocenters. The van der Waals surface area contributed by atoms with Gasteiger partial charge in [0, 0.05) is 5.39 Å². The number of hydrogen-bond donors (Lipinski definition) is 1. The first-order valence-electron chi connectivity index (χ1n) is 8.02. The van der Waals surface area contributed by atoms with Gasteiger partial charge in [-0.05, 0) is 36.2 Å². The molecule has 0 aliphatic rings. The number of amides is 1. The van der Waals surface area contributed by atoms with Crippen LogP contribution in [0.1, 0.15) is 35.4 Å². The molecule has 4 heteroatoms. The molecule has 122 valence electrons. The van der Waals surface area contributed by atoms with Gasteiger partial charge < -0.3 is 10.1 Å². The van der Waals surface area contributed by atoms with Gasteiger partial charge >= 0.3 is 0 Å². The first-order valence-corrected chi connectivity index (χ1v) is 8.02. The molecule has 0 spiro atoms. The molecule has 0 saturated heterocycles. The third kappa shape index (κ3) is 3.38. The molecule has 1 heterocycles. The molecule has 0 radical (unpaired) electrons. The molecular weight excluding hydrogens is 300 g/mol. The summed E-state index contributed by atoms with van der Waals surface area (Å²) < 4.78 is 5.18. The molecule has 0 bridgehead atoms. The van der Waals surface area contributed by atoms with E-state index in [0.29, 0.717) is 5.69 Å². The van der Waals surface area contributed by atoms with E-state index in [1.54, 1.807) is 13.2 Å². The number of carbonyl (C=O) groups is 1. The smallest absolute Gasteiger partial charge is 0.270 e. The number of benzene rings is 2. The zero-order valence-corrected chi connectivity index (χ0v) is 13.8. The minimum atomic E-state index is -0.163. The van der Waals surface area contributed by atoms with Gasteiger partial charge in [-0.25, -0.2) is 4.98 Å². The van der Waals surface area contributed by atoms with Crippen LogP contribution in [0.4, 0.5) is 0 Å². The number of rotatable bonds is 5. The molecule has 2 aromatic carbocycles. The van der Waals surface area contributed by atoms with Gasteiger partial charge in [-0.1, -0.05) is 43.3 Å². The van der Waals surface area contributed by atoms with Crippen LogP contribution in [0, 0.1) is 0 Å². The maximum Gasteiger partial charge on any atom is 0.270 e. The molecule has 1 atom stereocenters. The van der Waals surface area contributed by atoms with Gasteiger partial charge in [0.15, 0.2) is 0 Å². The van der Waals surface area contributed by atoms with Crippen molar-refractivity contribution in [1.82, 2.24) is 10.3 Å². The zero-order valence-electron chi connectivity index (χ0n) is 13.8. The van der Waals surface area contributed by atoms with Crippen molar-refractivity contribution in [3.8, 4) is 5.75 Å². The minimum Gasteiger partial charge on any atom is -0.497 e. The van der Waals surface area contributed by atoms with Crippen LogP contribution in [0.5, 0.6) is 5.75 Å². The number of nitrogens with one attached hydrogen (secondary N) is 1. The molecule has 3 aromatic rings. The first kappa shape index (κ1) is 16.0. The Morgan fingerprint density at radius 3 is 2.54 bits per heavy atom. The van der Waals surface area contributed by atoms with Crippen molar-refractivity contribution in [3.63, 3.8) is 0 Å². The van der Waals surface area contributed by atoms with E-state index >= 15 is 0 Å². The Morgan fingerprint density at radius 1 is 1.08 bits per heavy atom. The summed E-state index contributed by atoms with van der Waals surface area (Å²) in [4.78, 5) is 17.0. The third-order valence-electron chi connectivity index (χ3n) is 4.06. The van der Waals surface area contributed by atoms with E-state index in [-0.39, 0.29) is 11.9 Å². The number of pyridine rings is 1. The highest BCUT2D eigenvalue weighted by atomic mass is 16.5. The SMILES string of the molecule is CC[C@@H](NC(=O)c1ccc2ccccc2n1)c1ccc(OC)cc1. The second-order valence-corrected chi connectivity index (χ2v) is 5.60. The van der Waals surface area contributed by atoms with E-state index in [4.69, 9.17) is 4.74 Å². The molecule has 1 N–H and O–H groups in total. The number of ether oxygens (including phenoxy) is 1. The lowest BCUT2D eigenvalue weighted by Crippen LogP contribution is -2.28. The Hall–Kier alpha value is -2.88. The van der Waals surface area contributed by atoms with Crippen molar-refractivity contribution in [2.75, 3.05) is 7.11 Å². The highest BCUT2D eigenvalue weighted by Crippen LogP contribution is 2.21. The lowest BCUT2D eigenvalue weighted by Gasteiger charge is -2.17. The second kappa shape index (κ2) is 7.13. The molecule has 1 amide bonds. The van der Waals surface area contributed by atoms with E-state index in [9.17, 15) is 4.79 Å². The Balaban J connectivity index is 1.79. The Kier molecular flexibility index (Phi) is 4.75. The summed E-state index contributed by atoms with van der Waals surface area (Å²) >= 11 is 0. The third-order valence-corrected chi connectivity index (χ3v) is 4.06. The molecule has 0 saturated carbocycles. The van der Waals surface area contributed by atoms with Crippen LogP contribution in [-0.4, -0.2) is 18.0 Å². The van der Waals surface area contributed by atoms with E-state index < -0.39 is 0 Å². The Bertz CT molecular complexity index is 844. The monoisotopic (exact) mass is 320 g/mol. The van der Waals surface area contributed by atoms with Crippen molar-refractivity contribution >= 4 is 16.8 Å². The van der Waals surface area contributed by atoms with E-state index in [2.05, 4.69) is 10.3 Å². The number of hydrogen-bond acceptors (Lipinski definition) is 3. The van der Waals surface area contributed by atoms with Crippen LogP contribution in [-0.2, 0) is 0 Å². The van der Waals surface area contributed by atoms with Crippen LogP contribution in [0.15, 0.2) is 60.7 Å². The fourth-order valence-electron chi connectivity index (χ4n) is 2.68. The number of para-hydroxylation sites is 1. The topological polar surface area (TPSA) is 51.2 Å². The molecule has 0 aliphatic carbocycles. The van der Waals surface area contributed by atoms with Gasteiger partial charge in [-0.2, -0.15) is 0 Å². The maximum absolute atomic E-state index is 12.6. The number of methoxy groups -OCH3 is 1. The van der Waals surface area contributed by atoms with Crippen LogP contribution < -0.4 is 10.1 Å². The molecular formula is C20H20N2O2. The second-order valence-electron chi connectivity index (χ2n) is 5.60. The fraction of sp³-hybridized carbons (Fsp3) is 0.200. The van der Waals surface area contributed by atoms with Crippen LogP contribution in [0.3, 0.4) is 0 Å². The summed E-state index contributed by atoms with van der Waals surface area (Å²) in [6, 6.07) is 19.1. The lowest BCUT2D eigenvalue weighted by molar-refractivity contribution is 0.0931. The van der Waals surface area contributed by atoms with E-state index in [1.807, 2.05) is 61.5 Å². The largest absolute Gasteiger partial charge is 0.497 e. The van der Waals surface area contributed by atoms with Gasteiger partial charge in [0.1, 0.15) is 11.4 Å². The summed E-state index contributed by atoms with van der Waals surface area (Å²) in [5.41, 5.74) is 2.30. The number of carbonyl (C=O) groups excluding carboxylic acids is 1. The van der Waals surface area contributed by atoms with Gasteiger partial charge in [0.2, 0.25) is 0 Å². The van der Waals surface area contributed by atoms with Crippen molar-refractivity contribution in [3.05, 3.63) is 71.9 Å². The number of aromatic nitrogens is 1. The van der Waals surface area contributed by atoms with E-state index in [0.717, 1.165) is 28.6 Å². The van der Waals surface area contributed by atoms with Crippen molar-refractivity contribution in [2.45, 2.75) is 19.4 Å². The van der Waals surface area contributed by atoms with Gasteiger partial charge in [-0.3, -0.25) is 4.79 Å². The molecule has 4 nitrogen and oxygen atoms in total. The average Bonchev–Trinajstić information content (AvgIpc) is 2.65. The molecule has 1 aromatic heterocycles. The molecule has 0 fully saturated rings. The van der Waals surface area contributed by atoms with Crippen LogP contribution in [0.2, 0.25) is 0 Å². The van der Waals surface area contributed by atoms with Crippen molar-refractivity contribution in [1.29, 1.82) is 0 Å². The summed E-state index contributed by atoms with van der Waals surface area (Å²) in [6.07, 6.45) is 0.797. The zero-order chi connectivity index (χ0) is 16.9.